The molecular weight excluding hydrogens is 255 g/mol. The molecule has 0 saturated heterocycles. The molecule has 1 aliphatic rings. The molecule has 0 fully saturated rings. The summed E-state index contributed by atoms with van der Waals surface area (Å²) in [4.78, 5) is 6.34. The van der Waals surface area contributed by atoms with Gasteiger partial charge in [0.05, 0.1) is 12.2 Å². The first-order valence-electron chi connectivity index (χ1n) is 6.92. The van der Waals surface area contributed by atoms with Crippen molar-refractivity contribution in [2.24, 2.45) is 5.73 Å². The highest BCUT2D eigenvalue weighted by Crippen LogP contribution is 2.24. The lowest BCUT2D eigenvalue weighted by Gasteiger charge is -2.30. The summed E-state index contributed by atoms with van der Waals surface area (Å²) in [6.07, 6.45) is 4.46. The predicted octanol–water partition coefficient (Wildman–Crippen LogP) is 1.93. The van der Waals surface area contributed by atoms with E-state index in [1.54, 1.807) is 12.3 Å². The summed E-state index contributed by atoms with van der Waals surface area (Å²) in [6.45, 7) is 4.22. The van der Waals surface area contributed by atoms with Crippen LogP contribution in [0.25, 0.3) is 0 Å². The number of benzene rings is 1. The van der Waals surface area contributed by atoms with Gasteiger partial charge in [-0.05, 0) is 31.0 Å². The number of aromatic nitrogens is 2. The molecule has 1 atom stereocenters. The van der Waals surface area contributed by atoms with Gasteiger partial charge in [-0.1, -0.05) is 6.07 Å². The Labute approximate surface area is 118 Å². The molecule has 0 radical (unpaired) electrons. The number of fused-ring (bicyclic) bond motifs is 1. The van der Waals surface area contributed by atoms with Crippen molar-refractivity contribution in [3.63, 3.8) is 0 Å². The monoisotopic (exact) mass is 274 g/mol. The average molecular weight is 274 g/mol. The Balaban J connectivity index is 1.81. The van der Waals surface area contributed by atoms with E-state index in [1.165, 1.54) is 0 Å². The van der Waals surface area contributed by atoms with Gasteiger partial charge in [0.1, 0.15) is 11.6 Å². The fourth-order valence-electron chi connectivity index (χ4n) is 2.68. The van der Waals surface area contributed by atoms with E-state index >= 15 is 0 Å². The maximum atomic E-state index is 14.3. The molecule has 2 heterocycles. The van der Waals surface area contributed by atoms with Gasteiger partial charge >= 0.3 is 0 Å². The van der Waals surface area contributed by atoms with Gasteiger partial charge < -0.3 is 15.2 Å². The molecule has 3 rings (SSSR count). The lowest BCUT2D eigenvalue weighted by atomic mass is 10.1. The zero-order valence-corrected chi connectivity index (χ0v) is 11.6. The van der Waals surface area contributed by atoms with Gasteiger partial charge in [0.2, 0.25) is 0 Å². The minimum absolute atomic E-state index is 0.0442. The van der Waals surface area contributed by atoms with Gasteiger partial charge in [-0.2, -0.15) is 0 Å². The Kier molecular flexibility index (Phi) is 3.44. The van der Waals surface area contributed by atoms with Crippen molar-refractivity contribution in [2.45, 2.75) is 32.5 Å². The zero-order chi connectivity index (χ0) is 14.1. The molecule has 0 spiro atoms. The van der Waals surface area contributed by atoms with E-state index in [2.05, 4.69) is 9.55 Å². The second kappa shape index (κ2) is 5.25. The SMILES string of the molecule is CC(N)Cc1ccc(N2CCn3ccnc3C2)c(F)c1. The van der Waals surface area contributed by atoms with E-state index in [-0.39, 0.29) is 11.9 Å². The Hall–Kier alpha value is -1.88. The van der Waals surface area contributed by atoms with E-state index < -0.39 is 0 Å². The Morgan fingerprint density at radius 1 is 1.40 bits per heavy atom. The predicted molar refractivity (Wildman–Crippen MR) is 77.0 cm³/mol. The summed E-state index contributed by atoms with van der Waals surface area (Å²) in [5.74, 6) is 0.804. The fourth-order valence-corrected chi connectivity index (χ4v) is 2.68. The van der Waals surface area contributed by atoms with Crippen molar-refractivity contribution < 1.29 is 4.39 Å². The maximum absolute atomic E-state index is 14.3. The zero-order valence-electron chi connectivity index (χ0n) is 11.6. The topological polar surface area (TPSA) is 47.1 Å². The molecule has 1 aromatic heterocycles. The van der Waals surface area contributed by atoms with Crippen LogP contribution in [0.5, 0.6) is 0 Å². The molecule has 4 nitrogen and oxygen atoms in total. The van der Waals surface area contributed by atoms with Crippen LogP contribution in [-0.4, -0.2) is 22.1 Å². The molecule has 0 saturated carbocycles. The number of rotatable bonds is 3. The second-order valence-corrected chi connectivity index (χ2v) is 5.43. The van der Waals surface area contributed by atoms with Crippen LogP contribution in [0.2, 0.25) is 0 Å². The first kappa shape index (κ1) is 13.1. The van der Waals surface area contributed by atoms with Gasteiger partial charge in [0.25, 0.3) is 0 Å². The molecule has 0 aliphatic carbocycles. The molecular formula is C15H19FN4. The van der Waals surface area contributed by atoms with Crippen molar-refractivity contribution in [1.29, 1.82) is 0 Å². The van der Waals surface area contributed by atoms with E-state index in [0.717, 1.165) is 24.5 Å². The quantitative estimate of drug-likeness (QED) is 0.930. The standard InChI is InChI=1S/C15H19FN4/c1-11(17)8-12-2-3-14(13(16)9-12)20-7-6-19-5-4-18-15(19)10-20/h2-5,9,11H,6-8,10,17H2,1H3. The molecule has 1 unspecified atom stereocenters. The van der Waals surface area contributed by atoms with E-state index in [0.29, 0.717) is 18.7 Å². The molecule has 1 aromatic carbocycles. The van der Waals surface area contributed by atoms with Gasteiger partial charge in [-0.15, -0.1) is 0 Å². The molecule has 0 bridgehead atoms. The van der Waals surface area contributed by atoms with Crippen LogP contribution in [0.4, 0.5) is 10.1 Å². The Morgan fingerprint density at radius 2 is 2.25 bits per heavy atom. The third kappa shape index (κ3) is 2.54. The van der Waals surface area contributed by atoms with Crippen LogP contribution in [0.15, 0.2) is 30.6 Å². The maximum Gasteiger partial charge on any atom is 0.146 e. The first-order valence-corrected chi connectivity index (χ1v) is 6.92. The molecule has 1 aliphatic heterocycles. The van der Waals surface area contributed by atoms with Crippen LogP contribution < -0.4 is 10.6 Å². The molecule has 5 heteroatoms. The van der Waals surface area contributed by atoms with E-state index in [1.807, 2.05) is 30.2 Å². The first-order chi connectivity index (χ1) is 9.63. The molecule has 20 heavy (non-hydrogen) atoms. The smallest absolute Gasteiger partial charge is 0.146 e. The minimum Gasteiger partial charge on any atom is -0.360 e. The molecule has 2 N–H and O–H groups in total. The summed E-state index contributed by atoms with van der Waals surface area (Å²) in [5.41, 5.74) is 7.34. The van der Waals surface area contributed by atoms with Crippen LogP contribution in [-0.2, 0) is 19.5 Å². The normalized spacial score (nSPS) is 16.1. The van der Waals surface area contributed by atoms with Crippen molar-refractivity contribution in [3.8, 4) is 0 Å². The number of nitrogens with zero attached hydrogens (tertiary/aromatic N) is 3. The van der Waals surface area contributed by atoms with Crippen molar-refractivity contribution in [3.05, 3.63) is 47.8 Å². The fraction of sp³-hybridized carbons (Fsp3) is 0.400. The van der Waals surface area contributed by atoms with Crippen molar-refractivity contribution in [1.82, 2.24) is 9.55 Å². The van der Waals surface area contributed by atoms with Crippen LogP contribution in [0.3, 0.4) is 0 Å². The van der Waals surface area contributed by atoms with E-state index in [9.17, 15) is 4.39 Å². The largest absolute Gasteiger partial charge is 0.360 e. The lowest BCUT2D eigenvalue weighted by molar-refractivity contribution is 0.543. The number of anilines is 1. The minimum atomic E-state index is -0.178. The van der Waals surface area contributed by atoms with Gasteiger partial charge in [-0.3, -0.25) is 0 Å². The van der Waals surface area contributed by atoms with Crippen molar-refractivity contribution >= 4 is 5.69 Å². The van der Waals surface area contributed by atoms with E-state index in [4.69, 9.17) is 5.73 Å². The molecule has 106 valence electrons. The molecule has 2 aromatic rings. The van der Waals surface area contributed by atoms with Gasteiger partial charge in [0.15, 0.2) is 0 Å². The highest BCUT2D eigenvalue weighted by atomic mass is 19.1. The summed E-state index contributed by atoms with van der Waals surface area (Å²) in [7, 11) is 0. The average Bonchev–Trinajstić information content (AvgIpc) is 2.85. The van der Waals surface area contributed by atoms with Crippen LogP contribution in [0.1, 0.15) is 18.3 Å². The number of halogens is 1. The third-order valence-corrected chi connectivity index (χ3v) is 3.66. The molecule has 0 amide bonds. The second-order valence-electron chi connectivity index (χ2n) is 5.43. The van der Waals surface area contributed by atoms with Gasteiger partial charge in [-0.25, -0.2) is 9.37 Å². The van der Waals surface area contributed by atoms with Crippen LogP contribution in [0, 0.1) is 5.82 Å². The highest BCUT2D eigenvalue weighted by molar-refractivity contribution is 5.49. The lowest BCUT2D eigenvalue weighted by Crippen LogP contribution is -2.34. The summed E-state index contributed by atoms with van der Waals surface area (Å²) in [5, 5.41) is 0. The number of imidazole rings is 1. The Bertz CT molecular complexity index is 606. The number of hydrogen-bond acceptors (Lipinski definition) is 3. The summed E-state index contributed by atoms with van der Waals surface area (Å²) < 4.78 is 16.4. The summed E-state index contributed by atoms with van der Waals surface area (Å²) in [6, 6.07) is 5.46. The number of nitrogens with two attached hydrogens (primary N) is 1. The highest BCUT2D eigenvalue weighted by Gasteiger charge is 2.19. The van der Waals surface area contributed by atoms with Crippen molar-refractivity contribution in [2.75, 3.05) is 11.4 Å². The summed E-state index contributed by atoms with van der Waals surface area (Å²) >= 11 is 0. The van der Waals surface area contributed by atoms with Gasteiger partial charge in [0, 0.05) is 31.5 Å². The van der Waals surface area contributed by atoms with Crippen LogP contribution >= 0.6 is 0 Å². The number of hydrogen-bond donors (Lipinski definition) is 1. The third-order valence-electron chi connectivity index (χ3n) is 3.66. The Morgan fingerprint density at radius 3 is 3.00 bits per heavy atom.